The van der Waals surface area contributed by atoms with E-state index in [1.165, 1.54) is 11.1 Å². The quantitative estimate of drug-likeness (QED) is 0.406. The third kappa shape index (κ3) is 7.61. The second-order valence-corrected chi connectivity index (χ2v) is 18.3. The lowest BCUT2D eigenvalue weighted by atomic mass is 9.70. The first kappa shape index (κ1) is 37.2. The molecule has 2 fully saturated rings. The number of nitrogens with zero attached hydrogens (tertiary/aromatic N) is 3. The van der Waals surface area contributed by atoms with Crippen LogP contribution in [0.3, 0.4) is 0 Å². The molecule has 282 valence electrons. The van der Waals surface area contributed by atoms with Gasteiger partial charge in [-0.3, -0.25) is 14.5 Å². The van der Waals surface area contributed by atoms with Crippen LogP contribution in [0.5, 0.6) is 5.75 Å². The predicted octanol–water partition coefficient (Wildman–Crippen LogP) is 5.58. The van der Waals surface area contributed by atoms with Gasteiger partial charge in [-0.15, -0.1) is 0 Å². The van der Waals surface area contributed by atoms with Crippen LogP contribution in [0.15, 0.2) is 48.6 Å². The molecule has 10 nitrogen and oxygen atoms in total. The first-order valence-electron chi connectivity index (χ1n) is 19.1. The van der Waals surface area contributed by atoms with Crippen LogP contribution in [-0.2, 0) is 31.4 Å². The maximum absolute atomic E-state index is 14.5. The van der Waals surface area contributed by atoms with Crippen LogP contribution < -0.4 is 14.4 Å². The summed E-state index contributed by atoms with van der Waals surface area (Å²) in [5.41, 5.74) is 3.18. The molecule has 1 spiro atoms. The van der Waals surface area contributed by atoms with Gasteiger partial charge in [0.1, 0.15) is 11.8 Å². The van der Waals surface area contributed by atoms with E-state index >= 15 is 0 Å². The van der Waals surface area contributed by atoms with Crippen LogP contribution in [0, 0.1) is 11.8 Å². The lowest BCUT2D eigenvalue weighted by molar-refractivity contribution is -0.135. The minimum absolute atomic E-state index is 0.0628. The van der Waals surface area contributed by atoms with Crippen molar-refractivity contribution < 1.29 is 27.5 Å². The Hall–Kier alpha value is -3.12. The Morgan fingerprint density at radius 3 is 2.71 bits per heavy atom. The molecule has 0 aromatic heterocycles. The average molecular weight is 753 g/mol. The zero-order valence-corrected chi connectivity index (χ0v) is 32.3. The van der Waals surface area contributed by atoms with Gasteiger partial charge in [-0.05, 0) is 118 Å². The largest absolute Gasteiger partial charge is 0.490 e. The fourth-order valence-corrected chi connectivity index (χ4v) is 10.6. The number of halogens is 1. The normalized spacial score (nSPS) is 30.4. The first-order chi connectivity index (χ1) is 24.9. The highest BCUT2D eigenvalue weighted by Crippen LogP contribution is 2.45. The zero-order valence-electron chi connectivity index (χ0n) is 30.7. The number of rotatable bonds is 3. The summed E-state index contributed by atoms with van der Waals surface area (Å²) in [7, 11) is -2.08. The van der Waals surface area contributed by atoms with Gasteiger partial charge in [0.25, 0.3) is 5.91 Å². The second-order valence-electron chi connectivity index (χ2n) is 15.9. The van der Waals surface area contributed by atoms with E-state index in [0.717, 1.165) is 75.4 Å². The minimum Gasteiger partial charge on any atom is -0.490 e. The number of carbonyl (C=O) groups excluding carboxylic acids is 2. The molecule has 52 heavy (non-hydrogen) atoms. The van der Waals surface area contributed by atoms with Gasteiger partial charge in [0, 0.05) is 61.9 Å². The summed E-state index contributed by atoms with van der Waals surface area (Å²) in [6, 6.07) is 11.0. The number of likely N-dealkylation sites (N-methyl/N-ethyl adjacent to an activating group) is 1. The molecule has 0 saturated carbocycles. The molecule has 4 aliphatic heterocycles. The Morgan fingerprint density at radius 2 is 1.90 bits per heavy atom. The van der Waals surface area contributed by atoms with Gasteiger partial charge >= 0.3 is 0 Å². The van der Waals surface area contributed by atoms with Gasteiger partial charge in [0.15, 0.2) is 0 Å². The topological polar surface area (TPSA) is 108 Å². The molecular weight excluding hydrogens is 700 g/mol. The Morgan fingerprint density at radius 1 is 1.10 bits per heavy atom. The number of allylic oxidation sites excluding steroid dienone is 1. The Bertz CT molecular complexity index is 1800. The number of hydrogen-bond donors (Lipinski definition) is 1. The third-order valence-corrected chi connectivity index (χ3v) is 14.5. The summed E-state index contributed by atoms with van der Waals surface area (Å²) in [5, 5.41) is -0.112. The van der Waals surface area contributed by atoms with Gasteiger partial charge in [0.2, 0.25) is 15.9 Å². The summed E-state index contributed by atoms with van der Waals surface area (Å²) in [6.45, 7) is 8.17. The number of ether oxygens (including phenoxy) is 2. The molecule has 2 aromatic carbocycles. The van der Waals surface area contributed by atoms with Crippen LogP contribution in [0.25, 0.3) is 0 Å². The van der Waals surface area contributed by atoms with Crippen molar-refractivity contribution in [1.82, 2.24) is 14.5 Å². The fraction of sp³-hybridized carbons (Fsp3) is 0.600. The van der Waals surface area contributed by atoms with Crippen molar-refractivity contribution >= 4 is 39.1 Å². The summed E-state index contributed by atoms with van der Waals surface area (Å²) >= 11 is 6.48. The van der Waals surface area contributed by atoms with E-state index in [0.29, 0.717) is 44.3 Å². The van der Waals surface area contributed by atoms with E-state index in [1.54, 1.807) is 25.1 Å². The summed E-state index contributed by atoms with van der Waals surface area (Å²) in [6.07, 6.45) is 11.1. The molecule has 5 atom stereocenters. The number of benzene rings is 2. The SMILES string of the molecule is C[C@@H]1[C@@H](C)C/C=C/[C@H](C(=O)N(C)CC2CCOCC2)N2CCC[C@H]2CN2C[C@@]3(CCCc4cc(Cl)ccc43)COc3ccc(cc32)C(=O)NS1(=O)=O. The maximum atomic E-state index is 14.5. The van der Waals surface area contributed by atoms with E-state index < -0.39 is 27.2 Å². The van der Waals surface area contributed by atoms with Gasteiger partial charge in [-0.2, -0.15) is 0 Å². The Labute approximate surface area is 313 Å². The molecule has 0 unspecified atom stereocenters. The van der Waals surface area contributed by atoms with Gasteiger partial charge in [0.05, 0.1) is 17.5 Å². The number of carbonyl (C=O) groups is 2. The van der Waals surface area contributed by atoms with Crippen molar-refractivity contribution in [3.05, 3.63) is 70.3 Å². The van der Waals surface area contributed by atoms with Crippen molar-refractivity contribution in [3.8, 4) is 5.75 Å². The molecule has 1 aliphatic carbocycles. The van der Waals surface area contributed by atoms with Crippen LogP contribution in [0.2, 0.25) is 5.02 Å². The lowest BCUT2D eigenvalue weighted by Gasteiger charge is -2.42. The van der Waals surface area contributed by atoms with Crippen molar-refractivity contribution in [3.63, 3.8) is 0 Å². The molecule has 2 bridgehead atoms. The Balaban J connectivity index is 1.29. The number of amides is 2. The summed E-state index contributed by atoms with van der Waals surface area (Å²) < 4.78 is 41.7. The highest BCUT2D eigenvalue weighted by atomic mass is 35.5. The predicted molar refractivity (Wildman–Crippen MR) is 204 cm³/mol. The van der Waals surface area contributed by atoms with E-state index in [9.17, 15) is 18.0 Å². The second kappa shape index (κ2) is 15.3. The molecule has 12 heteroatoms. The molecule has 0 radical (unpaired) electrons. The van der Waals surface area contributed by atoms with Crippen molar-refractivity contribution in [2.75, 3.05) is 57.9 Å². The summed E-state index contributed by atoms with van der Waals surface area (Å²) in [5.74, 6) is 0.184. The fourth-order valence-electron chi connectivity index (χ4n) is 9.10. The van der Waals surface area contributed by atoms with E-state index in [4.69, 9.17) is 21.1 Å². The standard InChI is InChI=1S/C40H53ClN4O6S/c1-27-7-4-10-35(39(47)43(3)23-29-15-19-50-20-16-29)45-18-6-9-33(45)24-44-25-40(17-5-8-30-21-32(41)12-13-34(30)40)26-51-37-14-11-31(22-36(37)44)38(46)42-52(48,49)28(27)2/h4,10-14,21-22,27-29,33,35H,5-9,15-20,23-26H2,1-3H3,(H,42,46)/b10-4+/t27-,28+,33-,35+,40-/m0/s1. The molecule has 5 aliphatic rings. The van der Waals surface area contributed by atoms with E-state index in [2.05, 4.69) is 26.7 Å². The number of anilines is 1. The molecule has 1 N–H and O–H groups in total. The number of hydrogen-bond acceptors (Lipinski definition) is 8. The molecule has 2 aromatic rings. The molecule has 2 amide bonds. The maximum Gasteiger partial charge on any atom is 0.264 e. The van der Waals surface area contributed by atoms with E-state index in [-0.39, 0.29) is 28.8 Å². The first-order valence-corrected chi connectivity index (χ1v) is 21.0. The summed E-state index contributed by atoms with van der Waals surface area (Å²) in [4.78, 5) is 34.7. The van der Waals surface area contributed by atoms with Crippen molar-refractivity contribution in [2.24, 2.45) is 11.8 Å². The molecule has 2 saturated heterocycles. The van der Waals surface area contributed by atoms with Gasteiger partial charge < -0.3 is 19.3 Å². The number of nitrogens with one attached hydrogen (secondary N) is 1. The van der Waals surface area contributed by atoms with Gasteiger partial charge in [-0.1, -0.05) is 36.7 Å². The Kier molecular flexibility index (Phi) is 11.0. The monoisotopic (exact) mass is 752 g/mol. The van der Waals surface area contributed by atoms with Gasteiger partial charge in [-0.25, -0.2) is 13.1 Å². The molecule has 4 heterocycles. The minimum atomic E-state index is -4.00. The molecular formula is C40H53ClN4O6S. The van der Waals surface area contributed by atoms with Crippen LogP contribution in [0.4, 0.5) is 5.69 Å². The zero-order chi connectivity index (χ0) is 36.6. The molecule has 7 rings (SSSR count). The average Bonchev–Trinajstić information content (AvgIpc) is 3.52. The van der Waals surface area contributed by atoms with Crippen molar-refractivity contribution in [1.29, 1.82) is 0 Å². The van der Waals surface area contributed by atoms with Crippen LogP contribution >= 0.6 is 11.6 Å². The number of sulfonamides is 1. The highest BCUT2D eigenvalue weighted by molar-refractivity contribution is 7.90. The third-order valence-electron chi connectivity index (χ3n) is 12.4. The number of fused-ring (bicyclic) bond motifs is 4. The smallest absolute Gasteiger partial charge is 0.264 e. The van der Waals surface area contributed by atoms with Crippen LogP contribution in [-0.4, -0.2) is 100 Å². The van der Waals surface area contributed by atoms with E-state index in [1.807, 2.05) is 37.1 Å². The number of aryl methyl sites for hydroxylation is 1. The van der Waals surface area contributed by atoms with Crippen molar-refractivity contribution in [2.45, 2.75) is 88.0 Å². The van der Waals surface area contributed by atoms with Crippen LogP contribution in [0.1, 0.15) is 80.3 Å². The lowest BCUT2D eigenvalue weighted by Crippen LogP contribution is -2.53. The highest BCUT2D eigenvalue weighted by Gasteiger charge is 2.44.